The van der Waals surface area contributed by atoms with Crippen LogP contribution in [0.3, 0.4) is 0 Å². The Hall–Kier alpha value is -3.37. The van der Waals surface area contributed by atoms with Crippen LogP contribution in [0, 0.1) is 11.7 Å². The third-order valence-electron chi connectivity index (χ3n) is 7.57. The van der Waals surface area contributed by atoms with E-state index in [1.807, 2.05) is 0 Å². The van der Waals surface area contributed by atoms with Gasteiger partial charge in [0.2, 0.25) is 5.43 Å². The molecule has 2 fully saturated rings. The zero-order valence-electron chi connectivity index (χ0n) is 22.5. The summed E-state index contributed by atoms with van der Waals surface area (Å²) in [6, 6.07) is 5.24. The number of benzene rings is 2. The number of nitrogens with zero attached hydrogens (tertiary/aromatic N) is 2. The minimum Gasteiger partial charge on any atom is -0.492 e. The van der Waals surface area contributed by atoms with Gasteiger partial charge in [-0.2, -0.15) is 0 Å². The summed E-state index contributed by atoms with van der Waals surface area (Å²) < 4.78 is 42.5. The lowest BCUT2D eigenvalue weighted by Gasteiger charge is -2.34. The maximum atomic E-state index is 15.8. The Morgan fingerprint density at radius 1 is 1.17 bits per heavy atom. The molecular weight excluding hydrogens is 579 g/mol. The van der Waals surface area contributed by atoms with Crippen molar-refractivity contribution in [3.63, 3.8) is 0 Å². The van der Waals surface area contributed by atoms with E-state index in [0.29, 0.717) is 41.5 Å². The van der Waals surface area contributed by atoms with E-state index in [1.165, 1.54) is 23.9 Å². The van der Waals surface area contributed by atoms with Crippen LogP contribution < -0.4 is 20.4 Å². The summed E-state index contributed by atoms with van der Waals surface area (Å²) in [7, 11) is 1.36. The van der Waals surface area contributed by atoms with Crippen molar-refractivity contribution in [1.29, 1.82) is 0 Å². The van der Waals surface area contributed by atoms with Crippen molar-refractivity contribution < 1.29 is 27.8 Å². The highest BCUT2D eigenvalue weighted by atomic mass is 35.5. The van der Waals surface area contributed by atoms with Crippen LogP contribution >= 0.6 is 23.2 Å². The van der Waals surface area contributed by atoms with Gasteiger partial charge in [0.25, 0.3) is 5.91 Å². The molecule has 1 saturated carbocycles. The minimum absolute atomic E-state index is 0.0137. The third-order valence-corrected chi connectivity index (χ3v) is 8.16. The first kappa shape index (κ1) is 29.1. The molecule has 1 saturated heterocycles. The molecule has 2 aliphatic rings. The molecule has 5 rings (SSSR count). The van der Waals surface area contributed by atoms with Crippen LogP contribution in [0.15, 0.2) is 35.3 Å². The number of nitrogens with one attached hydrogen (secondary N) is 1. The quantitative estimate of drug-likeness (QED) is 0.343. The first-order valence-corrected chi connectivity index (χ1v) is 14.1. The largest absolute Gasteiger partial charge is 0.492 e. The molecule has 2 atom stereocenters. The molecule has 1 aliphatic heterocycles. The second-order valence-corrected chi connectivity index (χ2v) is 11.0. The lowest BCUT2D eigenvalue weighted by molar-refractivity contribution is -0.148. The van der Waals surface area contributed by atoms with Crippen molar-refractivity contribution in [2.45, 2.75) is 44.9 Å². The number of esters is 1. The molecule has 12 heteroatoms. The molecule has 1 N–H and O–H groups in total. The van der Waals surface area contributed by atoms with E-state index in [-0.39, 0.29) is 59.4 Å². The molecule has 2 heterocycles. The zero-order chi connectivity index (χ0) is 29.4. The number of rotatable bonds is 8. The standard InChI is InChI=1S/C29H29Cl2F2N3O5/c1-3-41-29(39)15-6-8-35(9-7-15)25-22(33)11-18-24(27(25)40-2)36(23-12-21(23)32)14-19(26(18)37)28(38)34-13-16-4-5-17(30)10-20(16)31/h4-5,10-11,14-15,21,23H,3,6-9,12-13H2,1-2H3,(H,34,38)/t21-,23+/m1/s1. The number of hydrogen-bond acceptors (Lipinski definition) is 6. The molecule has 3 aromatic rings. The smallest absolute Gasteiger partial charge is 0.309 e. The lowest BCUT2D eigenvalue weighted by atomic mass is 9.96. The third kappa shape index (κ3) is 5.72. The van der Waals surface area contributed by atoms with E-state index in [0.717, 1.165) is 6.07 Å². The molecular formula is C29H29Cl2F2N3O5. The summed E-state index contributed by atoms with van der Waals surface area (Å²) in [6.45, 7) is 2.76. The molecule has 0 bridgehead atoms. The van der Waals surface area contributed by atoms with Crippen LogP contribution in [-0.4, -0.2) is 49.4 Å². The molecule has 2 aromatic carbocycles. The van der Waals surface area contributed by atoms with Gasteiger partial charge in [-0.3, -0.25) is 14.4 Å². The number of aromatic nitrogens is 1. The highest BCUT2D eigenvalue weighted by molar-refractivity contribution is 6.35. The molecule has 1 amide bonds. The van der Waals surface area contributed by atoms with Crippen LogP contribution in [0.1, 0.15) is 48.1 Å². The number of carbonyl (C=O) groups excluding carboxylic acids is 2. The van der Waals surface area contributed by atoms with E-state index >= 15 is 4.39 Å². The number of halogens is 4. The number of carbonyl (C=O) groups is 2. The summed E-state index contributed by atoms with van der Waals surface area (Å²) >= 11 is 12.1. The van der Waals surface area contributed by atoms with Crippen molar-refractivity contribution in [1.82, 2.24) is 9.88 Å². The Balaban J connectivity index is 1.52. The minimum atomic E-state index is -1.19. The SMILES string of the molecule is CCOC(=O)C1CCN(c2c(F)cc3c(=O)c(C(=O)NCc4ccc(Cl)cc4Cl)cn([C@H]4C[C@H]4F)c3c2OC)CC1. The summed E-state index contributed by atoms with van der Waals surface area (Å²) in [4.78, 5) is 40.7. The van der Waals surface area contributed by atoms with Crippen LogP contribution in [0.2, 0.25) is 10.0 Å². The van der Waals surface area contributed by atoms with Gasteiger partial charge in [-0.15, -0.1) is 0 Å². The zero-order valence-corrected chi connectivity index (χ0v) is 24.0. The molecule has 0 spiro atoms. The number of pyridine rings is 1. The predicted octanol–water partition coefficient (Wildman–Crippen LogP) is 5.45. The Morgan fingerprint density at radius 3 is 2.49 bits per heavy atom. The maximum absolute atomic E-state index is 15.8. The van der Waals surface area contributed by atoms with E-state index in [1.54, 1.807) is 24.0 Å². The van der Waals surface area contributed by atoms with Gasteiger partial charge in [0.1, 0.15) is 17.4 Å². The van der Waals surface area contributed by atoms with Crippen molar-refractivity contribution in [3.05, 3.63) is 67.7 Å². The normalized spacial score (nSPS) is 18.8. The van der Waals surface area contributed by atoms with Gasteiger partial charge in [-0.05, 0) is 43.5 Å². The van der Waals surface area contributed by atoms with Crippen LogP contribution in [0.25, 0.3) is 10.9 Å². The Kier molecular flexibility index (Phi) is 8.42. The van der Waals surface area contributed by atoms with Gasteiger partial charge >= 0.3 is 5.97 Å². The summed E-state index contributed by atoms with van der Waals surface area (Å²) in [5, 5.41) is 3.35. The number of fused-ring (bicyclic) bond motifs is 1. The molecule has 0 unspecified atom stereocenters. The van der Waals surface area contributed by atoms with Crippen molar-refractivity contribution in [2.75, 3.05) is 31.7 Å². The second-order valence-electron chi connectivity index (χ2n) is 10.2. The lowest BCUT2D eigenvalue weighted by Crippen LogP contribution is -2.37. The Labute approximate surface area is 245 Å². The van der Waals surface area contributed by atoms with Gasteiger partial charge < -0.3 is 24.3 Å². The summed E-state index contributed by atoms with van der Waals surface area (Å²) in [6.07, 6.45) is 1.21. The number of piperidine rings is 1. The fourth-order valence-corrected chi connectivity index (χ4v) is 5.80. The predicted molar refractivity (Wildman–Crippen MR) is 152 cm³/mol. The van der Waals surface area contributed by atoms with Crippen molar-refractivity contribution >= 4 is 51.7 Å². The fraction of sp³-hybridized carbons (Fsp3) is 0.414. The number of amides is 1. The molecule has 1 aliphatic carbocycles. The number of alkyl halides is 1. The number of methoxy groups -OCH3 is 1. The molecule has 8 nitrogen and oxygen atoms in total. The Morgan fingerprint density at radius 2 is 1.88 bits per heavy atom. The highest BCUT2D eigenvalue weighted by Gasteiger charge is 2.41. The topological polar surface area (TPSA) is 89.9 Å². The van der Waals surface area contributed by atoms with Crippen molar-refractivity contribution in [3.8, 4) is 5.75 Å². The van der Waals surface area contributed by atoms with Crippen molar-refractivity contribution in [2.24, 2.45) is 5.92 Å². The van der Waals surface area contributed by atoms with Gasteiger partial charge in [0.05, 0.1) is 36.6 Å². The Bertz CT molecular complexity index is 1570. The molecule has 218 valence electrons. The number of hydrogen-bond donors (Lipinski definition) is 1. The maximum Gasteiger partial charge on any atom is 0.309 e. The van der Waals surface area contributed by atoms with E-state index in [9.17, 15) is 18.8 Å². The first-order chi connectivity index (χ1) is 19.6. The van der Waals surface area contributed by atoms with Crippen LogP contribution in [0.4, 0.5) is 14.5 Å². The van der Waals surface area contributed by atoms with Gasteiger partial charge in [0, 0.05) is 42.3 Å². The first-order valence-electron chi connectivity index (χ1n) is 13.4. The molecule has 0 radical (unpaired) electrons. The van der Waals surface area contributed by atoms with E-state index in [4.69, 9.17) is 32.7 Å². The highest BCUT2D eigenvalue weighted by Crippen LogP contribution is 2.45. The number of ether oxygens (including phenoxy) is 2. The van der Waals surface area contributed by atoms with E-state index < -0.39 is 29.4 Å². The summed E-state index contributed by atoms with van der Waals surface area (Å²) in [5.74, 6) is -1.92. The van der Waals surface area contributed by atoms with Gasteiger partial charge in [-0.25, -0.2) is 8.78 Å². The average molecular weight is 608 g/mol. The van der Waals surface area contributed by atoms with Gasteiger partial charge in [-0.1, -0.05) is 29.3 Å². The number of anilines is 1. The van der Waals surface area contributed by atoms with E-state index in [2.05, 4.69) is 5.32 Å². The average Bonchev–Trinajstić information content (AvgIpc) is 3.68. The molecule has 41 heavy (non-hydrogen) atoms. The summed E-state index contributed by atoms with van der Waals surface area (Å²) in [5.41, 5.74) is -0.0477. The van der Waals surface area contributed by atoms with Crippen LogP contribution in [-0.2, 0) is 16.1 Å². The fourth-order valence-electron chi connectivity index (χ4n) is 5.33. The van der Waals surface area contributed by atoms with Crippen LogP contribution in [0.5, 0.6) is 5.75 Å². The second kappa shape index (κ2) is 11.9. The monoisotopic (exact) mass is 607 g/mol. The molecule has 1 aromatic heterocycles. The van der Waals surface area contributed by atoms with Gasteiger partial charge in [0.15, 0.2) is 11.6 Å².